The van der Waals surface area contributed by atoms with Gasteiger partial charge in [-0.15, -0.1) is 0 Å². The van der Waals surface area contributed by atoms with Crippen LogP contribution in [0.1, 0.15) is 12.8 Å². The Balaban J connectivity index is 2.28. The Kier molecular flexibility index (Phi) is 1.94. The van der Waals surface area contributed by atoms with Gasteiger partial charge in [-0.05, 0) is 24.8 Å². The number of hydrogen-bond donors (Lipinski definition) is 0. The van der Waals surface area contributed by atoms with Gasteiger partial charge in [-0.2, -0.15) is 0 Å². The normalized spacial score (nSPS) is 33.2. The molecule has 0 unspecified atom stereocenters. The molecular formula is C11H12O. The first-order chi connectivity index (χ1) is 5.86. The Bertz CT molecular complexity index is 271. The predicted octanol–water partition coefficient (Wildman–Crippen LogP) is 2.26. The molecule has 0 N–H and O–H groups in total. The molecule has 0 spiro atoms. The van der Waals surface area contributed by atoms with Crippen molar-refractivity contribution in [1.82, 2.24) is 0 Å². The van der Waals surface area contributed by atoms with Crippen LogP contribution in [0.3, 0.4) is 0 Å². The third-order valence-electron chi connectivity index (χ3n) is 2.48. The van der Waals surface area contributed by atoms with Crippen molar-refractivity contribution in [3.8, 4) is 0 Å². The van der Waals surface area contributed by atoms with Crippen LogP contribution in [0.5, 0.6) is 0 Å². The monoisotopic (exact) mass is 160 g/mol. The van der Waals surface area contributed by atoms with Crippen molar-refractivity contribution in [2.24, 2.45) is 11.8 Å². The van der Waals surface area contributed by atoms with E-state index in [1.807, 2.05) is 18.2 Å². The van der Waals surface area contributed by atoms with Gasteiger partial charge in [-0.3, -0.25) is 4.79 Å². The quantitative estimate of drug-likeness (QED) is 0.531. The first-order valence-electron chi connectivity index (χ1n) is 4.41. The molecule has 0 radical (unpaired) electrons. The summed E-state index contributed by atoms with van der Waals surface area (Å²) < 4.78 is 0. The van der Waals surface area contributed by atoms with Crippen molar-refractivity contribution >= 4 is 5.78 Å². The molecule has 0 aromatic carbocycles. The maximum atomic E-state index is 11.4. The SMILES string of the molecule is O=C1C=CC[C@@H]2C=CC=C[C@H]1C2. The number of rotatable bonds is 0. The Morgan fingerprint density at radius 2 is 2.08 bits per heavy atom. The van der Waals surface area contributed by atoms with Crippen molar-refractivity contribution in [2.75, 3.05) is 0 Å². The fraction of sp³-hybridized carbons (Fsp3) is 0.364. The van der Waals surface area contributed by atoms with Gasteiger partial charge in [0.15, 0.2) is 5.78 Å². The summed E-state index contributed by atoms with van der Waals surface area (Å²) in [6, 6.07) is 0. The van der Waals surface area contributed by atoms with Crippen LogP contribution < -0.4 is 0 Å². The summed E-state index contributed by atoms with van der Waals surface area (Å²) in [6.45, 7) is 0. The number of carbonyl (C=O) groups is 1. The van der Waals surface area contributed by atoms with E-state index in [0.717, 1.165) is 12.8 Å². The van der Waals surface area contributed by atoms with Gasteiger partial charge in [-0.25, -0.2) is 0 Å². The predicted molar refractivity (Wildman–Crippen MR) is 48.6 cm³/mol. The molecule has 0 aromatic heterocycles. The van der Waals surface area contributed by atoms with E-state index in [-0.39, 0.29) is 11.7 Å². The molecule has 62 valence electrons. The summed E-state index contributed by atoms with van der Waals surface area (Å²) in [6.07, 6.45) is 14.0. The molecule has 0 saturated carbocycles. The highest BCUT2D eigenvalue weighted by Crippen LogP contribution is 2.25. The van der Waals surface area contributed by atoms with Gasteiger partial charge in [0.25, 0.3) is 0 Å². The van der Waals surface area contributed by atoms with Crippen LogP contribution in [-0.4, -0.2) is 5.78 Å². The lowest BCUT2D eigenvalue weighted by molar-refractivity contribution is -0.117. The molecule has 2 aliphatic carbocycles. The highest BCUT2D eigenvalue weighted by Gasteiger charge is 2.20. The van der Waals surface area contributed by atoms with Gasteiger partial charge < -0.3 is 0 Å². The summed E-state index contributed by atoms with van der Waals surface area (Å²) in [7, 11) is 0. The number of hydrogen-bond acceptors (Lipinski definition) is 1. The summed E-state index contributed by atoms with van der Waals surface area (Å²) in [5, 5.41) is 0. The Morgan fingerprint density at radius 1 is 1.25 bits per heavy atom. The van der Waals surface area contributed by atoms with Gasteiger partial charge in [0.1, 0.15) is 0 Å². The van der Waals surface area contributed by atoms with E-state index in [1.165, 1.54) is 0 Å². The minimum absolute atomic E-state index is 0.128. The van der Waals surface area contributed by atoms with Crippen molar-refractivity contribution in [2.45, 2.75) is 12.8 Å². The largest absolute Gasteiger partial charge is 0.294 e. The average molecular weight is 160 g/mol. The van der Waals surface area contributed by atoms with E-state index in [0.29, 0.717) is 5.92 Å². The van der Waals surface area contributed by atoms with Gasteiger partial charge in [0, 0.05) is 5.92 Å². The highest BCUT2D eigenvalue weighted by molar-refractivity contribution is 5.93. The molecule has 1 heteroatoms. The zero-order valence-electron chi connectivity index (χ0n) is 6.94. The summed E-state index contributed by atoms with van der Waals surface area (Å²) in [5.41, 5.74) is 0. The van der Waals surface area contributed by atoms with E-state index in [2.05, 4.69) is 12.2 Å². The van der Waals surface area contributed by atoms with E-state index < -0.39 is 0 Å². The first-order valence-corrected chi connectivity index (χ1v) is 4.41. The molecule has 0 amide bonds. The van der Waals surface area contributed by atoms with Gasteiger partial charge >= 0.3 is 0 Å². The van der Waals surface area contributed by atoms with Crippen molar-refractivity contribution in [3.05, 3.63) is 36.5 Å². The second-order valence-corrected chi connectivity index (χ2v) is 3.41. The molecule has 0 saturated heterocycles. The molecule has 0 heterocycles. The number of ketones is 1. The zero-order chi connectivity index (χ0) is 8.39. The Hall–Kier alpha value is -1.11. The molecular weight excluding hydrogens is 148 g/mol. The minimum Gasteiger partial charge on any atom is -0.294 e. The van der Waals surface area contributed by atoms with Gasteiger partial charge in [0.05, 0.1) is 0 Å². The summed E-state index contributed by atoms with van der Waals surface area (Å²) in [5.74, 6) is 0.953. The lowest BCUT2D eigenvalue weighted by Gasteiger charge is -2.10. The molecule has 0 aliphatic heterocycles. The third kappa shape index (κ3) is 1.40. The van der Waals surface area contributed by atoms with Crippen LogP contribution in [0.4, 0.5) is 0 Å². The van der Waals surface area contributed by atoms with Crippen LogP contribution in [0.15, 0.2) is 36.5 Å². The fourth-order valence-corrected chi connectivity index (χ4v) is 1.77. The molecule has 0 aromatic rings. The van der Waals surface area contributed by atoms with E-state index in [9.17, 15) is 4.79 Å². The average Bonchev–Trinajstić information content (AvgIpc) is 2.38. The second kappa shape index (κ2) is 3.10. The van der Waals surface area contributed by atoms with Gasteiger partial charge in [-0.1, -0.05) is 30.4 Å². The van der Waals surface area contributed by atoms with Gasteiger partial charge in [0.2, 0.25) is 0 Å². The van der Waals surface area contributed by atoms with Crippen molar-refractivity contribution in [3.63, 3.8) is 0 Å². The van der Waals surface area contributed by atoms with Crippen molar-refractivity contribution in [1.29, 1.82) is 0 Å². The number of fused-ring (bicyclic) bond motifs is 2. The molecule has 2 atom stereocenters. The molecule has 1 nitrogen and oxygen atoms in total. The fourth-order valence-electron chi connectivity index (χ4n) is 1.77. The van der Waals surface area contributed by atoms with Crippen molar-refractivity contribution < 1.29 is 4.79 Å². The Labute approximate surface area is 72.5 Å². The molecule has 2 bridgehead atoms. The highest BCUT2D eigenvalue weighted by atomic mass is 16.1. The maximum Gasteiger partial charge on any atom is 0.162 e. The standard InChI is InChI=1S/C11H12O/c12-11-7-3-5-9-4-1-2-6-10(11)8-9/h1-4,6-7,9-10H,5,8H2/t9-,10-/m0/s1. The van der Waals surface area contributed by atoms with Crippen LogP contribution >= 0.6 is 0 Å². The summed E-state index contributed by atoms with van der Waals surface area (Å²) in [4.78, 5) is 11.4. The molecule has 12 heavy (non-hydrogen) atoms. The molecule has 0 fully saturated rings. The topological polar surface area (TPSA) is 17.1 Å². The van der Waals surface area contributed by atoms with Crippen LogP contribution in [-0.2, 0) is 4.79 Å². The lowest BCUT2D eigenvalue weighted by atomic mass is 9.93. The van der Waals surface area contributed by atoms with E-state index in [4.69, 9.17) is 0 Å². The zero-order valence-corrected chi connectivity index (χ0v) is 6.94. The Morgan fingerprint density at radius 3 is 3.00 bits per heavy atom. The van der Waals surface area contributed by atoms with Crippen LogP contribution in [0.25, 0.3) is 0 Å². The van der Waals surface area contributed by atoms with Crippen LogP contribution in [0, 0.1) is 11.8 Å². The van der Waals surface area contributed by atoms with E-state index in [1.54, 1.807) is 6.08 Å². The molecule has 2 rings (SSSR count). The van der Waals surface area contributed by atoms with E-state index >= 15 is 0 Å². The number of allylic oxidation sites excluding steroid dienone is 6. The number of carbonyl (C=O) groups excluding carboxylic acids is 1. The molecule has 2 aliphatic rings. The third-order valence-corrected chi connectivity index (χ3v) is 2.48. The second-order valence-electron chi connectivity index (χ2n) is 3.41. The first kappa shape index (κ1) is 7.53. The minimum atomic E-state index is 0.128. The smallest absolute Gasteiger partial charge is 0.162 e. The maximum absolute atomic E-state index is 11.4. The van der Waals surface area contributed by atoms with Crippen LogP contribution in [0.2, 0.25) is 0 Å². The summed E-state index contributed by atoms with van der Waals surface area (Å²) >= 11 is 0. The lowest BCUT2D eigenvalue weighted by Crippen LogP contribution is -2.10.